The van der Waals surface area contributed by atoms with E-state index in [0.29, 0.717) is 12.2 Å². The Kier molecular flexibility index (Phi) is 6.44. The highest BCUT2D eigenvalue weighted by Gasteiger charge is 2.35. The number of hydrogen-bond donors (Lipinski definition) is 1. The van der Waals surface area contributed by atoms with Gasteiger partial charge in [0.15, 0.2) is 0 Å². The third-order valence-corrected chi connectivity index (χ3v) is 5.71. The van der Waals surface area contributed by atoms with E-state index >= 15 is 0 Å². The minimum Gasteiger partial charge on any atom is -0.480 e. The van der Waals surface area contributed by atoms with Gasteiger partial charge in [0.05, 0.1) is 12.6 Å². The van der Waals surface area contributed by atoms with E-state index in [1.54, 1.807) is 17.0 Å². The Hall–Kier alpha value is -1.99. The van der Waals surface area contributed by atoms with Crippen LogP contribution >= 0.6 is 0 Å². The molecule has 2 unspecified atom stereocenters. The van der Waals surface area contributed by atoms with E-state index in [4.69, 9.17) is 5.11 Å². The molecule has 27 heavy (non-hydrogen) atoms. The molecule has 0 aromatic heterocycles. The Labute approximate surface area is 159 Å². The van der Waals surface area contributed by atoms with Crippen LogP contribution in [0.4, 0.5) is 10.1 Å². The smallest absolute Gasteiger partial charge is 0.317 e. The number of benzene rings is 1. The summed E-state index contributed by atoms with van der Waals surface area (Å²) in [5.41, 5.74) is 0.624. The fourth-order valence-corrected chi connectivity index (χ4v) is 4.29. The highest BCUT2D eigenvalue weighted by molar-refractivity contribution is 5.97. The van der Waals surface area contributed by atoms with Crippen LogP contribution in [0.15, 0.2) is 24.3 Å². The number of carboxylic acids is 1. The molecule has 1 N–H and O–H groups in total. The number of likely N-dealkylation sites (N-methyl/N-ethyl adjacent to an activating group) is 1. The van der Waals surface area contributed by atoms with Gasteiger partial charge in [0.25, 0.3) is 0 Å². The summed E-state index contributed by atoms with van der Waals surface area (Å²) in [6.45, 7) is 2.28. The summed E-state index contributed by atoms with van der Waals surface area (Å²) in [7, 11) is 1.85. The van der Waals surface area contributed by atoms with Gasteiger partial charge in [0, 0.05) is 24.8 Å². The number of halogens is 1. The number of aliphatic carboxylic acids is 1. The fourth-order valence-electron chi connectivity index (χ4n) is 4.29. The van der Waals surface area contributed by atoms with Crippen LogP contribution in [0.25, 0.3) is 0 Å². The SMILES string of the molecule is CN(CC(=O)O)C1CCCN(C2CCCN(c3cccc(F)c3)C2=O)CC1. The molecule has 2 heterocycles. The number of anilines is 1. The summed E-state index contributed by atoms with van der Waals surface area (Å²) >= 11 is 0. The number of carboxylic acid groups (broad SMARTS) is 1. The summed E-state index contributed by atoms with van der Waals surface area (Å²) in [6.07, 6.45) is 4.45. The average Bonchev–Trinajstić information content (AvgIpc) is 2.87. The van der Waals surface area contributed by atoms with Crippen LogP contribution in [-0.2, 0) is 9.59 Å². The minimum atomic E-state index is -0.813. The first-order valence-electron chi connectivity index (χ1n) is 9.68. The third kappa shape index (κ3) is 4.84. The fraction of sp³-hybridized carbons (Fsp3) is 0.600. The Morgan fingerprint density at radius 2 is 2.00 bits per heavy atom. The first-order chi connectivity index (χ1) is 13.0. The van der Waals surface area contributed by atoms with Crippen molar-refractivity contribution in [3.63, 3.8) is 0 Å². The molecule has 0 aliphatic carbocycles. The van der Waals surface area contributed by atoms with Crippen molar-refractivity contribution in [1.82, 2.24) is 9.80 Å². The Balaban J connectivity index is 1.65. The molecule has 2 aliphatic heterocycles. The monoisotopic (exact) mass is 377 g/mol. The third-order valence-electron chi connectivity index (χ3n) is 5.71. The lowest BCUT2D eigenvalue weighted by Gasteiger charge is -2.38. The van der Waals surface area contributed by atoms with Crippen LogP contribution in [0.1, 0.15) is 32.1 Å². The highest BCUT2D eigenvalue weighted by Crippen LogP contribution is 2.26. The first kappa shape index (κ1) is 19.8. The van der Waals surface area contributed by atoms with Crippen LogP contribution in [0, 0.1) is 5.82 Å². The van der Waals surface area contributed by atoms with Gasteiger partial charge in [-0.15, -0.1) is 0 Å². The van der Waals surface area contributed by atoms with Crippen molar-refractivity contribution in [3.05, 3.63) is 30.1 Å². The van der Waals surface area contributed by atoms with Crippen molar-refractivity contribution < 1.29 is 19.1 Å². The summed E-state index contributed by atoms with van der Waals surface area (Å²) in [5, 5.41) is 9.00. The first-order valence-corrected chi connectivity index (χ1v) is 9.68. The molecule has 2 fully saturated rings. The second kappa shape index (κ2) is 8.80. The van der Waals surface area contributed by atoms with Crippen LogP contribution in [0.2, 0.25) is 0 Å². The van der Waals surface area contributed by atoms with E-state index in [-0.39, 0.29) is 30.4 Å². The lowest BCUT2D eigenvalue weighted by Crippen LogP contribution is -2.53. The number of carbonyl (C=O) groups is 2. The van der Waals surface area contributed by atoms with Gasteiger partial charge in [-0.25, -0.2) is 4.39 Å². The molecular formula is C20H28FN3O3. The Morgan fingerprint density at radius 1 is 1.22 bits per heavy atom. The Bertz CT molecular complexity index is 684. The predicted octanol–water partition coefficient (Wildman–Crippen LogP) is 2.19. The highest BCUT2D eigenvalue weighted by atomic mass is 19.1. The molecule has 3 rings (SSSR count). The number of rotatable bonds is 5. The van der Waals surface area contributed by atoms with Crippen molar-refractivity contribution in [1.29, 1.82) is 0 Å². The number of nitrogens with zero attached hydrogens (tertiary/aromatic N) is 3. The second-order valence-electron chi connectivity index (χ2n) is 7.56. The van der Waals surface area contributed by atoms with E-state index in [2.05, 4.69) is 4.90 Å². The standard InChI is InChI=1S/C20H28FN3O3/c1-22(14-19(25)26)16-7-3-10-23(12-9-16)18-8-4-11-24(20(18)27)17-6-2-5-15(21)13-17/h2,5-6,13,16,18H,3-4,7-12,14H2,1H3,(H,25,26). The molecule has 0 saturated carbocycles. The van der Waals surface area contributed by atoms with Crippen molar-refractivity contribution in [2.45, 2.75) is 44.2 Å². The van der Waals surface area contributed by atoms with E-state index in [0.717, 1.165) is 45.2 Å². The molecule has 148 valence electrons. The molecule has 2 saturated heterocycles. The maximum absolute atomic E-state index is 13.6. The second-order valence-corrected chi connectivity index (χ2v) is 7.56. The quantitative estimate of drug-likeness (QED) is 0.852. The molecule has 0 bridgehead atoms. The van der Waals surface area contributed by atoms with Crippen molar-refractivity contribution >= 4 is 17.6 Å². The molecule has 2 aliphatic rings. The number of piperidine rings is 1. The number of carbonyl (C=O) groups excluding carboxylic acids is 1. The molecule has 7 heteroatoms. The molecule has 0 radical (unpaired) electrons. The predicted molar refractivity (Wildman–Crippen MR) is 101 cm³/mol. The molecular weight excluding hydrogens is 349 g/mol. The number of hydrogen-bond acceptors (Lipinski definition) is 4. The molecule has 6 nitrogen and oxygen atoms in total. The van der Waals surface area contributed by atoms with Gasteiger partial charge in [-0.1, -0.05) is 6.07 Å². The Morgan fingerprint density at radius 3 is 2.74 bits per heavy atom. The van der Waals surface area contributed by atoms with E-state index < -0.39 is 5.97 Å². The van der Waals surface area contributed by atoms with Gasteiger partial charge in [-0.3, -0.25) is 19.4 Å². The van der Waals surface area contributed by atoms with Crippen LogP contribution in [0.3, 0.4) is 0 Å². The summed E-state index contributed by atoms with van der Waals surface area (Å²) in [6, 6.07) is 6.27. The van der Waals surface area contributed by atoms with Gasteiger partial charge in [0.2, 0.25) is 5.91 Å². The molecule has 1 aromatic rings. The lowest BCUT2D eigenvalue weighted by molar-refractivity contribution is -0.138. The maximum atomic E-state index is 13.6. The van der Waals surface area contributed by atoms with E-state index in [9.17, 15) is 14.0 Å². The average molecular weight is 377 g/mol. The van der Waals surface area contributed by atoms with Crippen molar-refractivity contribution in [2.75, 3.05) is 38.1 Å². The zero-order chi connectivity index (χ0) is 19.4. The number of likely N-dealkylation sites (tertiary alicyclic amines) is 1. The van der Waals surface area contributed by atoms with E-state index in [1.165, 1.54) is 12.1 Å². The lowest BCUT2D eigenvalue weighted by atomic mass is 10.0. The topological polar surface area (TPSA) is 64.1 Å². The zero-order valence-corrected chi connectivity index (χ0v) is 15.8. The van der Waals surface area contributed by atoms with Crippen LogP contribution in [0.5, 0.6) is 0 Å². The van der Waals surface area contributed by atoms with Crippen molar-refractivity contribution in [2.24, 2.45) is 0 Å². The maximum Gasteiger partial charge on any atom is 0.317 e. The number of amides is 1. The van der Waals surface area contributed by atoms with Gasteiger partial charge in [-0.05, 0) is 63.9 Å². The van der Waals surface area contributed by atoms with E-state index in [1.807, 2.05) is 11.9 Å². The minimum absolute atomic E-state index is 0.0420. The van der Waals surface area contributed by atoms with Crippen LogP contribution < -0.4 is 4.90 Å². The van der Waals surface area contributed by atoms with Crippen LogP contribution in [-0.4, -0.2) is 72.1 Å². The van der Waals surface area contributed by atoms with Gasteiger partial charge < -0.3 is 10.0 Å². The molecule has 1 aromatic carbocycles. The van der Waals surface area contributed by atoms with Gasteiger partial charge in [0.1, 0.15) is 5.82 Å². The molecule has 2 atom stereocenters. The van der Waals surface area contributed by atoms with Crippen molar-refractivity contribution in [3.8, 4) is 0 Å². The summed E-state index contributed by atoms with van der Waals surface area (Å²) in [4.78, 5) is 29.9. The molecule has 1 amide bonds. The molecule has 0 spiro atoms. The largest absolute Gasteiger partial charge is 0.480 e. The van der Waals surface area contributed by atoms with Gasteiger partial charge >= 0.3 is 5.97 Å². The van der Waals surface area contributed by atoms with Gasteiger partial charge in [-0.2, -0.15) is 0 Å². The summed E-state index contributed by atoms with van der Waals surface area (Å²) in [5.74, 6) is -1.10. The zero-order valence-electron chi connectivity index (χ0n) is 15.8. The summed E-state index contributed by atoms with van der Waals surface area (Å²) < 4.78 is 13.6. The normalized spacial score (nSPS) is 24.9.